The van der Waals surface area contributed by atoms with Gasteiger partial charge in [0.1, 0.15) is 31.0 Å². The molecule has 5 aromatic carbocycles. The van der Waals surface area contributed by atoms with E-state index >= 15 is 0 Å². The van der Waals surface area contributed by atoms with Gasteiger partial charge in [0.05, 0.1) is 46.6 Å². The molecule has 0 bridgehead atoms. The minimum Gasteiger partial charge on any atom is -0.479 e. The molecule has 18 heteroatoms. The number of aliphatic hydroxyl groups is 2. The lowest BCUT2D eigenvalue weighted by molar-refractivity contribution is -0.338. The van der Waals surface area contributed by atoms with Gasteiger partial charge >= 0.3 is 29.8 Å². The molecule has 0 unspecified atom stereocenters. The summed E-state index contributed by atoms with van der Waals surface area (Å²) in [5, 5.41) is 46.0. The quantitative estimate of drug-likeness (QED) is 0.0362. The molecule has 4 fully saturated rings. The number of aromatic carboxylic acids is 1. The van der Waals surface area contributed by atoms with Gasteiger partial charge in [-0.15, -0.1) is 0 Å². The van der Waals surface area contributed by atoms with Gasteiger partial charge in [0.2, 0.25) is 0 Å². The Morgan fingerprint density at radius 2 is 1.14 bits per heavy atom. The van der Waals surface area contributed by atoms with E-state index in [9.17, 15) is 44.4 Å². The minimum atomic E-state index is -1.67. The van der Waals surface area contributed by atoms with E-state index in [1.54, 1.807) is 85.8 Å². The van der Waals surface area contributed by atoms with Crippen LogP contribution >= 0.6 is 0 Å². The van der Waals surface area contributed by atoms with E-state index in [1.165, 1.54) is 36.4 Å². The molecule has 0 amide bonds. The number of rotatable bonds is 20. The van der Waals surface area contributed by atoms with E-state index in [0.29, 0.717) is 24.9 Å². The molecule has 2 aliphatic heterocycles. The molecule has 0 aromatic heterocycles. The van der Waals surface area contributed by atoms with Crippen molar-refractivity contribution in [3.05, 3.63) is 162 Å². The summed E-state index contributed by atoms with van der Waals surface area (Å²) in [6.45, 7) is 1.09. The Morgan fingerprint density at radius 3 is 1.72 bits per heavy atom. The SMILES string of the molecule is C[C@@H]1O[C@@H](O[C@@H]2[C@@H](Nc3ccc(-c4ccc(C(=O)O)cc4)cc3)CCC[C@H]2O[C@@H]2O[C@H](COC(=O)c3ccccc3)[C@H](OC(=O)c3ccccc3)[C@H](O[C@@H](CC3CCCCC3)C(=O)O)[C@H]2OC(=O)c2ccccc2)[C@@H](O)C[C@@H]1O. The predicted octanol–water partition coefficient (Wildman–Crippen LogP) is 8.49. The van der Waals surface area contributed by atoms with Crippen LogP contribution in [0, 0.1) is 5.92 Å². The van der Waals surface area contributed by atoms with Crippen molar-refractivity contribution in [2.75, 3.05) is 11.9 Å². The number of hydrogen-bond acceptors (Lipinski definition) is 16. The Balaban J connectivity index is 1.10. The second kappa shape index (κ2) is 26.7. The number of carbonyl (C=O) groups excluding carboxylic acids is 3. The highest BCUT2D eigenvalue weighted by Crippen LogP contribution is 2.38. The summed E-state index contributed by atoms with van der Waals surface area (Å²) in [7, 11) is 0. The number of aliphatic carboxylic acids is 1. The molecule has 79 heavy (non-hydrogen) atoms. The molecule has 0 radical (unpaired) electrons. The fourth-order valence-electron chi connectivity index (χ4n) is 10.8. The molecule has 2 saturated heterocycles. The van der Waals surface area contributed by atoms with E-state index in [-0.39, 0.29) is 41.0 Å². The predicted molar refractivity (Wildman–Crippen MR) is 285 cm³/mol. The molecule has 2 heterocycles. The van der Waals surface area contributed by atoms with Gasteiger partial charge in [-0.3, -0.25) is 0 Å². The Kier molecular flexibility index (Phi) is 19.2. The normalized spacial score (nSPS) is 27.6. The summed E-state index contributed by atoms with van der Waals surface area (Å²) >= 11 is 0. The Bertz CT molecular complexity index is 2800. The molecule has 9 rings (SSSR count). The number of nitrogens with one attached hydrogen (secondary N) is 1. The number of benzene rings is 5. The average molecular weight is 1090 g/mol. The third-order valence-corrected chi connectivity index (χ3v) is 15.1. The summed E-state index contributed by atoms with van der Waals surface area (Å²) < 4.78 is 52.1. The number of anilines is 1. The van der Waals surface area contributed by atoms with Crippen molar-refractivity contribution in [1.29, 1.82) is 0 Å². The fourth-order valence-corrected chi connectivity index (χ4v) is 10.8. The van der Waals surface area contributed by atoms with Crippen LogP contribution in [-0.4, -0.2) is 137 Å². The first kappa shape index (κ1) is 56.7. The molecule has 5 aromatic rings. The summed E-state index contributed by atoms with van der Waals surface area (Å²) in [5.41, 5.74) is 2.94. The van der Waals surface area contributed by atoms with Crippen molar-refractivity contribution in [1.82, 2.24) is 0 Å². The smallest absolute Gasteiger partial charge is 0.338 e. The Labute approximate surface area is 457 Å². The maximum Gasteiger partial charge on any atom is 0.338 e. The van der Waals surface area contributed by atoms with Gasteiger partial charge in [0, 0.05) is 12.1 Å². The van der Waals surface area contributed by atoms with Crippen LogP contribution < -0.4 is 5.32 Å². The Morgan fingerprint density at radius 1 is 0.570 bits per heavy atom. The fraction of sp³-hybridized carbons (Fsp3) is 0.426. The highest BCUT2D eigenvalue weighted by Gasteiger charge is 2.55. The Hall–Kier alpha value is -7.03. The number of carboxylic acids is 2. The lowest BCUT2D eigenvalue weighted by Gasteiger charge is -2.48. The molecule has 13 atom stereocenters. The minimum absolute atomic E-state index is 0.0210. The molecule has 4 aliphatic rings. The maximum absolute atomic E-state index is 14.5. The lowest BCUT2D eigenvalue weighted by atomic mass is 9.85. The van der Waals surface area contributed by atoms with Crippen LogP contribution in [0.15, 0.2) is 140 Å². The van der Waals surface area contributed by atoms with Crippen molar-refractivity contribution in [2.45, 2.75) is 151 Å². The van der Waals surface area contributed by atoms with Gasteiger partial charge in [-0.1, -0.05) is 111 Å². The van der Waals surface area contributed by atoms with Crippen LogP contribution in [0.4, 0.5) is 5.69 Å². The van der Waals surface area contributed by atoms with E-state index in [1.807, 2.05) is 24.3 Å². The zero-order chi connectivity index (χ0) is 55.4. The highest BCUT2D eigenvalue weighted by molar-refractivity contribution is 5.91. The van der Waals surface area contributed by atoms with Crippen molar-refractivity contribution >= 4 is 35.5 Å². The molecule has 5 N–H and O–H groups in total. The van der Waals surface area contributed by atoms with Crippen molar-refractivity contribution < 1.29 is 82.3 Å². The molecular formula is C61H67NO17. The first-order valence-electron chi connectivity index (χ1n) is 27.1. The van der Waals surface area contributed by atoms with Gasteiger partial charge in [0.25, 0.3) is 0 Å². The van der Waals surface area contributed by atoms with Crippen LogP contribution in [-0.2, 0) is 42.7 Å². The molecule has 2 aliphatic carbocycles. The molecular weight excluding hydrogens is 1020 g/mol. The van der Waals surface area contributed by atoms with E-state index in [2.05, 4.69) is 5.32 Å². The van der Waals surface area contributed by atoms with Crippen LogP contribution in [0.25, 0.3) is 11.1 Å². The second-order valence-corrected chi connectivity index (χ2v) is 20.6. The molecule has 18 nitrogen and oxygen atoms in total. The number of esters is 3. The van der Waals surface area contributed by atoms with E-state index in [4.69, 9.17) is 37.9 Å². The monoisotopic (exact) mass is 1090 g/mol. The standard InChI is InChI=1S/C61H67NO17/c1-36-46(63)34-47(64)60(73-36)79-51-45(62-44-31-29-39(30-32-44)38-25-27-40(28-26-38)55(65)66)23-14-24-48(51)75-61-54(78-59(71)43-21-12-5-13-22-43)53(74-49(56(67)68)33-37-15-6-2-7-16-37)52(77-58(70)42-19-10-4-11-20-42)50(76-61)35-72-57(69)41-17-8-3-9-18-41/h3-5,8-13,17-22,25-32,36-37,45-54,60-64H,2,6-7,14-16,23-24,33-35H2,1H3,(H,65,66)(H,67,68)/t36-,45-,46-,47-,48+,49-,50+,51+,52-,53-,54+,60-,61+/m0/s1. The molecule has 418 valence electrons. The first-order chi connectivity index (χ1) is 38.3. The third-order valence-electron chi connectivity index (χ3n) is 15.1. The second-order valence-electron chi connectivity index (χ2n) is 20.6. The van der Waals surface area contributed by atoms with E-state index < -0.39 is 116 Å². The number of ether oxygens (including phenoxy) is 8. The van der Waals surface area contributed by atoms with Gasteiger partial charge < -0.3 is 63.6 Å². The number of hydrogen-bond donors (Lipinski definition) is 5. The van der Waals surface area contributed by atoms with Gasteiger partial charge in [0.15, 0.2) is 30.9 Å². The van der Waals surface area contributed by atoms with Crippen LogP contribution in [0.3, 0.4) is 0 Å². The highest BCUT2D eigenvalue weighted by atomic mass is 16.8. The lowest BCUT2D eigenvalue weighted by Crippen LogP contribution is -2.65. The summed E-state index contributed by atoms with van der Waals surface area (Å²) in [6.07, 6.45) is -9.87. The zero-order valence-electron chi connectivity index (χ0n) is 43.7. The average Bonchev–Trinajstić information content (AvgIpc) is 3.59. The van der Waals surface area contributed by atoms with Crippen LogP contribution in [0.1, 0.15) is 113 Å². The van der Waals surface area contributed by atoms with E-state index in [0.717, 1.165) is 43.2 Å². The largest absolute Gasteiger partial charge is 0.479 e. The van der Waals surface area contributed by atoms with Gasteiger partial charge in [-0.05, 0) is 110 Å². The zero-order valence-corrected chi connectivity index (χ0v) is 43.7. The summed E-state index contributed by atoms with van der Waals surface area (Å²) in [6, 6.07) is 37.8. The number of aliphatic hydroxyl groups excluding tert-OH is 2. The number of carbonyl (C=O) groups is 5. The van der Waals surface area contributed by atoms with Gasteiger partial charge in [-0.25, -0.2) is 24.0 Å². The van der Waals surface area contributed by atoms with Crippen molar-refractivity contribution in [3.8, 4) is 11.1 Å². The van der Waals surface area contributed by atoms with Crippen LogP contribution in [0.2, 0.25) is 0 Å². The molecule has 2 saturated carbocycles. The van der Waals surface area contributed by atoms with Gasteiger partial charge in [-0.2, -0.15) is 0 Å². The third kappa shape index (κ3) is 14.6. The summed E-state index contributed by atoms with van der Waals surface area (Å²) in [5.74, 6) is -4.80. The first-order valence-corrected chi connectivity index (χ1v) is 27.1. The number of carboxylic acid groups (broad SMARTS) is 2. The summed E-state index contributed by atoms with van der Waals surface area (Å²) in [4.78, 5) is 67.4. The van der Waals surface area contributed by atoms with Crippen molar-refractivity contribution in [3.63, 3.8) is 0 Å². The topological polar surface area (TPSA) is 252 Å². The molecule has 0 spiro atoms. The maximum atomic E-state index is 14.5. The van der Waals surface area contributed by atoms with Crippen LogP contribution in [0.5, 0.6) is 0 Å². The van der Waals surface area contributed by atoms with Crippen molar-refractivity contribution in [2.24, 2.45) is 5.92 Å².